The molecule has 0 aliphatic heterocycles. The number of nitrogens with two attached hydrogens (primary N) is 1. The van der Waals surface area contributed by atoms with Crippen molar-refractivity contribution in [2.24, 2.45) is 16.1 Å². The highest BCUT2D eigenvalue weighted by atomic mass is 15.1. The van der Waals surface area contributed by atoms with Crippen LogP contribution in [0.15, 0.2) is 4.99 Å². The van der Waals surface area contributed by atoms with E-state index in [0.717, 1.165) is 6.54 Å². The van der Waals surface area contributed by atoms with Crippen LogP contribution in [-0.2, 0) is 0 Å². The zero-order valence-electron chi connectivity index (χ0n) is 11.9. The van der Waals surface area contributed by atoms with E-state index in [2.05, 4.69) is 17.2 Å². The lowest BCUT2D eigenvalue weighted by Gasteiger charge is -2.32. The van der Waals surface area contributed by atoms with Gasteiger partial charge in [-0.05, 0) is 31.1 Å². The molecule has 0 heterocycles. The number of aliphatic imine (C=N–C) groups is 1. The molecule has 0 aromatic heterocycles. The molecule has 2 aliphatic rings. The van der Waals surface area contributed by atoms with Crippen molar-refractivity contribution >= 4 is 5.96 Å². The van der Waals surface area contributed by atoms with Gasteiger partial charge in [0.05, 0.1) is 0 Å². The standard InChI is InChI=1S/C15H29N3/c1-15(10-6-3-7-11-15)12-17-14(16)18-13-8-4-2-5-9-13/h13H,2-12H2,1H3,(H3,16,17,18). The summed E-state index contributed by atoms with van der Waals surface area (Å²) in [5.41, 5.74) is 6.42. The Morgan fingerprint density at radius 3 is 2.39 bits per heavy atom. The molecule has 3 N–H and O–H groups in total. The zero-order chi connectivity index (χ0) is 12.8. The number of nitrogens with zero attached hydrogens (tertiary/aromatic N) is 1. The van der Waals surface area contributed by atoms with Crippen LogP contribution in [-0.4, -0.2) is 18.5 Å². The van der Waals surface area contributed by atoms with Crippen LogP contribution in [0.1, 0.15) is 71.1 Å². The molecule has 2 rings (SSSR count). The fourth-order valence-electron chi connectivity index (χ4n) is 3.34. The normalized spacial score (nSPS) is 25.9. The molecule has 0 aromatic rings. The van der Waals surface area contributed by atoms with Gasteiger partial charge in [0.1, 0.15) is 0 Å². The maximum Gasteiger partial charge on any atom is 0.188 e. The SMILES string of the molecule is CC1(CN=C(N)NC2CCCCC2)CCCCC1. The van der Waals surface area contributed by atoms with Crippen molar-refractivity contribution in [2.45, 2.75) is 77.2 Å². The minimum Gasteiger partial charge on any atom is -0.370 e. The van der Waals surface area contributed by atoms with Gasteiger partial charge >= 0.3 is 0 Å². The lowest BCUT2D eigenvalue weighted by molar-refractivity contribution is 0.226. The van der Waals surface area contributed by atoms with Crippen molar-refractivity contribution in [1.29, 1.82) is 0 Å². The number of nitrogens with one attached hydrogen (secondary N) is 1. The predicted molar refractivity (Wildman–Crippen MR) is 77.7 cm³/mol. The van der Waals surface area contributed by atoms with E-state index in [1.165, 1.54) is 64.2 Å². The van der Waals surface area contributed by atoms with E-state index < -0.39 is 0 Å². The number of guanidine groups is 1. The molecule has 0 atom stereocenters. The third kappa shape index (κ3) is 4.18. The molecule has 0 bridgehead atoms. The number of hydrogen-bond donors (Lipinski definition) is 2. The minimum absolute atomic E-state index is 0.400. The highest BCUT2D eigenvalue weighted by molar-refractivity contribution is 5.78. The van der Waals surface area contributed by atoms with Gasteiger partial charge < -0.3 is 11.1 Å². The highest BCUT2D eigenvalue weighted by Crippen LogP contribution is 2.35. The predicted octanol–water partition coefficient (Wildman–Crippen LogP) is 3.19. The van der Waals surface area contributed by atoms with Gasteiger partial charge in [0.15, 0.2) is 5.96 Å². The quantitative estimate of drug-likeness (QED) is 0.598. The van der Waals surface area contributed by atoms with Crippen LogP contribution in [0.4, 0.5) is 0 Å². The topological polar surface area (TPSA) is 50.4 Å². The van der Waals surface area contributed by atoms with Crippen molar-refractivity contribution in [3.63, 3.8) is 0 Å². The molecule has 18 heavy (non-hydrogen) atoms. The molecule has 104 valence electrons. The van der Waals surface area contributed by atoms with E-state index in [1.807, 2.05) is 0 Å². The van der Waals surface area contributed by atoms with E-state index >= 15 is 0 Å². The van der Waals surface area contributed by atoms with Crippen LogP contribution in [0.2, 0.25) is 0 Å². The van der Waals surface area contributed by atoms with E-state index in [-0.39, 0.29) is 0 Å². The molecule has 0 spiro atoms. The fraction of sp³-hybridized carbons (Fsp3) is 0.933. The van der Waals surface area contributed by atoms with Crippen LogP contribution < -0.4 is 11.1 Å². The van der Waals surface area contributed by atoms with Crippen molar-refractivity contribution in [3.05, 3.63) is 0 Å². The maximum absolute atomic E-state index is 6.02. The second-order valence-electron chi connectivity index (χ2n) is 6.55. The summed E-state index contributed by atoms with van der Waals surface area (Å²) in [5, 5.41) is 3.40. The molecule has 2 saturated carbocycles. The third-order valence-electron chi connectivity index (χ3n) is 4.65. The van der Waals surface area contributed by atoms with Gasteiger partial charge in [-0.2, -0.15) is 0 Å². The first-order chi connectivity index (χ1) is 8.68. The Kier molecular flexibility index (Phi) is 4.90. The Balaban J connectivity index is 1.76. The lowest BCUT2D eigenvalue weighted by atomic mass is 9.76. The maximum atomic E-state index is 6.02. The Bertz CT molecular complexity index is 273. The smallest absolute Gasteiger partial charge is 0.188 e. The fourth-order valence-corrected chi connectivity index (χ4v) is 3.34. The first kappa shape index (κ1) is 13.7. The minimum atomic E-state index is 0.400. The summed E-state index contributed by atoms with van der Waals surface area (Å²) in [7, 11) is 0. The second-order valence-corrected chi connectivity index (χ2v) is 6.55. The molecule has 0 radical (unpaired) electrons. The summed E-state index contributed by atoms with van der Waals surface area (Å²) in [6, 6.07) is 0.571. The Hall–Kier alpha value is -0.730. The molecule has 2 aliphatic carbocycles. The summed E-state index contributed by atoms with van der Waals surface area (Å²) in [5.74, 6) is 0.675. The average Bonchev–Trinajstić information content (AvgIpc) is 2.39. The Morgan fingerprint density at radius 1 is 1.11 bits per heavy atom. The summed E-state index contributed by atoms with van der Waals surface area (Å²) >= 11 is 0. The van der Waals surface area contributed by atoms with Crippen LogP contribution in [0.3, 0.4) is 0 Å². The third-order valence-corrected chi connectivity index (χ3v) is 4.65. The van der Waals surface area contributed by atoms with Gasteiger partial charge in [0.2, 0.25) is 0 Å². The molecular weight excluding hydrogens is 222 g/mol. The highest BCUT2D eigenvalue weighted by Gasteiger charge is 2.26. The van der Waals surface area contributed by atoms with Crippen molar-refractivity contribution in [3.8, 4) is 0 Å². The first-order valence-electron chi connectivity index (χ1n) is 7.74. The van der Waals surface area contributed by atoms with Gasteiger partial charge in [0, 0.05) is 12.6 Å². The molecule has 0 amide bonds. The Morgan fingerprint density at radius 2 is 1.72 bits per heavy atom. The average molecular weight is 251 g/mol. The molecule has 0 unspecified atom stereocenters. The van der Waals surface area contributed by atoms with Crippen LogP contribution in [0, 0.1) is 5.41 Å². The number of rotatable bonds is 3. The monoisotopic (exact) mass is 251 g/mol. The summed E-state index contributed by atoms with van der Waals surface area (Å²) < 4.78 is 0. The van der Waals surface area contributed by atoms with E-state index in [1.54, 1.807) is 0 Å². The van der Waals surface area contributed by atoms with Crippen molar-refractivity contribution in [1.82, 2.24) is 5.32 Å². The van der Waals surface area contributed by atoms with Crippen molar-refractivity contribution in [2.75, 3.05) is 6.54 Å². The van der Waals surface area contributed by atoms with Gasteiger partial charge in [0.25, 0.3) is 0 Å². The Labute approximate surface area is 112 Å². The molecule has 3 nitrogen and oxygen atoms in total. The first-order valence-corrected chi connectivity index (χ1v) is 7.74. The molecule has 0 saturated heterocycles. The summed E-state index contributed by atoms with van der Waals surface area (Å²) in [4.78, 5) is 4.60. The van der Waals surface area contributed by atoms with Gasteiger partial charge in [-0.25, -0.2) is 0 Å². The van der Waals surface area contributed by atoms with Crippen molar-refractivity contribution < 1.29 is 0 Å². The van der Waals surface area contributed by atoms with Gasteiger partial charge in [-0.3, -0.25) is 4.99 Å². The van der Waals surface area contributed by atoms with Crippen LogP contribution in [0.5, 0.6) is 0 Å². The van der Waals surface area contributed by atoms with E-state index in [4.69, 9.17) is 5.73 Å². The van der Waals surface area contributed by atoms with E-state index in [0.29, 0.717) is 17.4 Å². The lowest BCUT2D eigenvalue weighted by Crippen LogP contribution is -2.41. The molecule has 3 heteroatoms. The van der Waals surface area contributed by atoms with Gasteiger partial charge in [-0.15, -0.1) is 0 Å². The molecule has 2 fully saturated rings. The van der Waals surface area contributed by atoms with Crippen LogP contribution in [0.25, 0.3) is 0 Å². The molecule has 0 aromatic carbocycles. The molecular formula is C15H29N3. The van der Waals surface area contributed by atoms with Crippen LogP contribution >= 0.6 is 0 Å². The summed E-state index contributed by atoms with van der Waals surface area (Å²) in [6.07, 6.45) is 13.3. The van der Waals surface area contributed by atoms with E-state index in [9.17, 15) is 0 Å². The number of hydrogen-bond acceptors (Lipinski definition) is 1. The zero-order valence-corrected chi connectivity index (χ0v) is 11.9. The largest absolute Gasteiger partial charge is 0.370 e. The second kappa shape index (κ2) is 6.44. The van der Waals surface area contributed by atoms with Gasteiger partial charge in [-0.1, -0.05) is 45.4 Å². The summed E-state index contributed by atoms with van der Waals surface area (Å²) in [6.45, 7) is 3.27.